The van der Waals surface area contributed by atoms with Crippen molar-refractivity contribution < 1.29 is 0 Å². The Hall–Kier alpha value is -1.33. The van der Waals surface area contributed by atoms with E-state index >= 15 is 0 Å². The van der Waals surface area contributed by atoms with E-state index in [-0.39, 0.29) is 0 Å². The van der Waals surface area contributed by atoms with E-state index in [9.17, 15) is 0 Å². The van der Waals surface area contributed by atoms with Gasteiger partial charge in [-0.05, 0) is 44.7 Å². The maximum absolute atomic E-state index is 4.82. The highest BCUT2D eigenvalue weighted by molar-refractivity contribution is 7.15. The molecule has 0 amide bonds. The van der Waals surface area contributed by atoms with Gasteiger partial charge in [0.1, 0.15) is 0 Å². The molecule has 1 aliphatic carbocycles. The molecule has 0 aromatic carbocycles. The van der Waals surface area contributed by atoms with E-state index < -0.39 is 0 Å². The van der Waals surface area contributed by atoms with Gasteiger partial charge < -0.3 is 5.32 Å². The minimum atomic E-state index is 0.411. The first-order valence-corrected chi connectivity index (χ1v) is 8.11. The molecule has 5 heteroatoms. The fourth-order valence-electron chi connectivity index (χ4n) is 2.53. The maximum atomic E-state index is 4.82. The van der Waals surface area contributed by atoms with Crippen LogP contribution in [0.2, 0.25) is 0 Å². The third-order valence-electron chi connectivity index (χ3n) is 3.57. The molecule has 1 unspecified atom stereocenters. The number of aromatic nitrogens is 3. The van der Waals surface area contributed by atoms with Gasteiger partial charge in [-0.25, -0.2) is 15.0 Å². The molecule has 0 spiro atoms. The predicted molar refractivity (Wildman–Crippen MR) is 81.8 cm³/mol. The Bertz CT molecular complexity index is 576. The zero-order valence-corrected chi connectivity index (χ0v) is 12.8. The smallest absolute Gasteiger partial charge is 0.188 e. The molecule has 2 aromatic rings. The van der Waals surface area contributed by atoms with Crippen LogP contribution in [0.4, 0.5) is 0 Å². The van der Waals surface area contributed by atoms with Gasteiger partial charge in [-0.2, -0.15) is 0 Å². The normalized spacial score (nSPS) is 18.0. The molecule has 2 aromatic heterocycles. The third kappa shape index (κ3) is 2.74. The molecule has 3 rings (SSSR count). The zero-order chi connectivity index (χ0) is 13.9. The number of nitrogens with one attached hydrogen (secondary N) is 1. The van der Waals surface area contributed by atoms with Crippen LogP contribution in [0.1, 0.15) is 48.4 Å². The Labute approximate surface area is 123 Å². The summed E-state index contributed by atoms with van der Waals surface area (Å²) in [5, 5.41) is 4.56. The molecular formula is C15H20N4S. The summed E-state index contributed by atoms with van der Waals surface area (Å²) in [6.45, 7) is 5.25. The minimum Gasteiger partial charge on any atom is -0.309 e. The lowest BCUT2D eigenvalue weighted by atomic mass is 9.97. The lowest BCUT2D eigenvalue weighted by Crippen LogP contribution is -2.25. The molecule has 1 atom stereocenters. The Morgan fingerprint density at radius 3 is 2.90 bits per heavy atom. The van der Waals surface area contributed by atoms with Crippen LogP contribution < -0.4 is 5.32 Å². The molecule has 1 aliphatic rings. The van der Waals surface area contributed by atoms with Gasteiger partial charge in [0.2, 0.25) is 0 Å². The van der Waals surface area contributed by atoms with E-state index in [1.807, 2.05) is 19.3 Å². The number of aryl methyl sites for hydroxylation is 2. The van der Waals surface area contributed by atoms with Crippen LogP contribution in [0.3, 0.4) is 0 Å². The van der Waals surface area contributed by atoms with E-state index in [4.69, 9.17) is 4.98 Å². The van der Waals surface area contributed by atoms with Crippen LogP contribution in [0.5, 0.6) is 0 Å². The maximum Gasteiger partial charge on any atom is 0.188 e. The highest BCUT2D eigenvalue weighted by Crippen LogP contribution is 2.36. The monoisotopic (exact) mass is 288 g/mol. The standard InChI is InChI=1S/C15H20N4S/c1-3-7-16-11-5-4-6-12-13(11)19-15(20-12)14-17-8-10(2)9-18-14/h8-9,11,16H,3-7H2,1-2H3. The number of fused-ring (bicyclic) bond motifs is 1. The fraction of sp³-hybridized carbons (Fsp3) is 0.533. The van der Waals surface area contributed by atoms with Crippen LogP contribution in [-0.2, 0) is 6.42 Å². The molecule has 0 aliphatic heterocycles. The summed E-state index contributed by atoms with van der Waals surface area (Å²) in [5.74, 6) is 0.754. The van der Waals surface area contributed by atoms with Gasteiger partial charge in [-0.3, -0.25) is 0 Å². The quantitative estimate of drug-likeness (QED) is 0.938. The Kier molecular flexibility index (Phi) is 4.08. The lowest BCUT2D eigenvalue weighted by Gasteiger charge is -2.21. The predicted octanol–water partition coefficient (Wildman–Crippen LogP) is 3.29. The van der Waals surface area contributed by atoms with Crippen molar-refractivity contribution in [3.05, 3.63) is 28.5 Å². The first-order valence-electron chi connectivity index (χ1n) is 7.30. The lowest BCUT2D eigenvalue weighted by molar-refractivity contribution is 0.454. The van der Waals surface area contributed by atoms with E-state index in [1.165, 1.54) is 23.4 Å². The summed E-state index contributed by atoms with van der Waals surface area (Å²) in [4.78, 5) is 15.0. The molecule has 4 nitrogen and oxygen atoms in total. The first-order chi connectivity index (χ1) is 9.78. The Morgan fingerprint density at radius 1 is 1.35 bits per heavy atom. The van der Waals surface area contributed by atoms with Crippen molar-refractivity contribution in [1.82, 2.24) is 20.3 Å². The zero-order valence-electron chi connectivity index (χ0n) is 12.0. The first kappa shape index (κ1) is 13.6. The summed E-state index contributed by atoms with van der Waals surface area (Å²) in [6, 6.07) is 0.411. The fourth-order valence-corrected chi connectivity index (χ4v) is 3.65. The SMILES string of the molecule is CCCNC1CCCc2sc(-c3ncc(C)cn3)nc21. The van der Waals surface area contributed by atoms with Crippen LogP contribution >= 0.6 is 11.3 Å². The number of thiazole rings is 1. The van der Waals surface area contributed by atoms with Gasteiger partial charge in [0.25, 0.3) is 0 Å². The molecule has 0 saturated heterocycles. The van der Waals surface area contributed by atoms with Crippen LogP contribution in [0.15, 0.2) is 12.4 Å². The molecule has 1 N–H and O–H groups in total. The Morgan fingerprint density at radius 2 is 2.15 bits per heavy atom. The highest BCUT2D eigenvalue weighted by Gasteiger charge is 2.25. The van der Waals surface area contributed by atoms with Crippen molar-refractivity contribution in [3.63, 3.8) is 0 Å². The van der Waals surface area contributed by atoms with Crippen molar-refractivity contribution in [1.29, 1.82) is 0 Å². The van der Waals surface area contributed by atoms with Crippen LogP contribution in [0.25, 0.3) is 10.8 Å². The van der Waals surface area contributed by atoms with Crippen molar-refractivity contribution in [2.45, 2.75) is 45.6 Å². The van der Waals surface area contributed by atoms with Crippen molar-refractivity contribution in [3.8, 4) is 10.8 Å². The van der Waals surface area contributed by atoms with Gasteiger partial charge >= 0.3 is 0 Å². The summed E-state index contributed by atoms with van der Waals surface area (Å²) >= 11 is 1.76. The van der Waals surface area contributed by atoms with Crippen molar-refractivity contribution >= 4 is 11.3 Å². The molecule has 2 heterocycles. The summed E-state index contributed by atoms with van der Waals surface area (Å²) in [7, 11) is 0. The molecule has 0 saturated carbocycles. The van der Waals surface area contributed by atoms with E-state index in [2.05, 4.69) is 22.2 Å². The van der Waals surface area contributed by atoms with E-state index in [1.54, 1.807) is 11.3 Å². The third-order valence-corrected chi connectivity index (χ3v) is 4.69. The number of hydrogen-bond acceptors (Lipinski definition) is 5. The van der Waals surface area contributed by atoms with Gasteiger partial charge in [0, 0.05) is 17.3 Å². The van der Waals surface area contributed by atoms with Crippen molar-refractivity contribution in [2.24, 2.45) is 0 Å². The van der Waals surface area contributed by atoms with Crippen molar-refractivity contribution in [2.75, 3.05) is 6.54 Å². The van der Waals surface area contributed by atoms with Gasteiger partial charge in [-0.1, -0.05) is 6.92 Å². The molecule has 20 heavy (non-hydrogen) atoms. The van der Waals surface area contributed by atoms with Gasteiger partial charge in [-0.15, -0.1) is 11.3 Å². The second-order valence-electron chi connectivity index (χ2n) is 5.31. The molecule has 0 fully saturated rings. The molecular weight excluding hydrogens is 268 g/mol. The topological polar surface area (TPSA) is 50.7 Å². The van der Waals surface area contributed by atoms with Crippen LogP contribution in [0, 0.1) is 6.92 Å². The largest absolute Gasteiger partial charge is 0.309 e. The Balaban J connectivity index is 1.88. The average Bonchev–Trinajstić information content (AvgIpc) is 2.90. The van der Waals surface area contributed by atoms with E-state index in [0.29, 0.717) is 6.04 Å². The summed E-state index contributed by atoms with van der Waals surface area (Å²) < 4.78 is 0. The van der Waals surface area contributed by atoms with E-state index in [0.717, 1.165) is 35.8 Å². The second-order valence-corrected chi connectivity index (χ2v) is 6.39. The number of hydrogen-bond donors (Lipinski definition) is 1. The molecule has 0 radical (unpaired) electrons. The van der Waals surface area contributed by atoms with Crippen LogP contribution in [-0.4, -0.2) is 21.5 Å². The molecule has 0 bridgehead atoms. The number of rotatable bonds is 4. The highest BCUT2D eigenvalue weighted by atomic mass is 32.1. The summed E-state index contributed by atoms with van der Waals surface area (Å²) in [5.41, 5.74) is 2.31. The second kappa shape index (κ2) is 5.97. The molecule has 106 valence electrons. The van der Waals surface area contributed by atoms with Gasteiger partial charge in [0.15, 0.2) is 10.8 Å². The summed E-state index contributed by atoms with van der Waals surface area (Å²) in [6.07, 6.45) is 8.44. The average molecular weight is 288 g/mol. The minimum absolute atomic E-state index is 0.411. The number of nitrogens with zero attached hydrogens (tertiary/aromatic N) is 3. The van der Waals surface area contributed by atoms with Gasteiger partial charge in [0.05, 0.1) is 11.7 Å².